The Morgan fingerprint density at radius 2 is 1.52 bits per heavy atom. The Kier molecular flexibility index (Phi) is 4.12. The Hall–Kier alpha value is -2.82. The van der Waals surface area contributed by atoms with Gasteiger partial charge in [0, 0.05) is 5.69 Å². The summed E-state index contributed by atoms with van der Waals surface area (Å²) in [4.78, 5) is 0. The first kappa shape index (κ1) is 13.2. The Balaban J connectivity index is 1.52. The zero-order valence-corrected chi connectivity index (χ0v) is 11.4. The van der Waals surface area contributed by atoms with Crippen molar-refractivity contribution in [1.29, 1.82) is 0 Å². The van der Waals surface area contributed by atoms with Crippen LogP contribution in [0.1, 0.15) is 11.8 Å². The molecule has 0 spiro atoms. The van der Waals surface area contributed by atoms with E-state index in [1.54, 1.807) is 0 Å². The van der Waals surface area contributed by atoms with Gasteiger partial charge in [0.2, 0.25) is 5.89 Å². The smallest absolute Gasteiger partial charge is 0.253 e. The normalized spacial score (nSPS) is 10.3. The van der Waals surface area contributed by atoms with Crippen molar-refractivity contribution in [2.45, 2.75) is 13.2 Å². The fourth-order valence-corrected chi connectivity index (χ4v) is 1.81. The summed E-state index contributed by atoms with van der Waals surface area (Å²) in [6.07, 6.45) is 0. The highest BCUT2D eigenvalue weighted by Crippen LogP contribution is 2.12. The number of para-hydroxylation sites is 2. The van der Waals surface area contributed by atoms with Crippen LogP contribution in [-0.2, 0) is 13.2 Å². The summed E-state index contributed by atoms with van der Waals surface area (Å²) in [7, 11) is 0. The molecule has 0 unspecified atom stereocenters. The Morgan fingerprint density at radius 1 is 0.857 bits per heavy atom. The number of nitrogens with zero attached hydrogens (tertiary/aromatic N) is 2. The molecule has 3 aromatic rings. The zero-order chi connectivity index (χ0) is 14.3. The maximum atomic E-state index is 5.55. The van der Waals surface area contributed by atoms with Crippen molar-refractivity contribution in [3.63, 3.8) is 0 Å². The summed E-state index contributed by atoms with van der Waals surface area (Å²) in [5.74, 6) is 1.77. The van der Waals surface area contributed by atoms with Gasteiger partial charge < -0.3 is 14.5 Å². The van der Waals surface area contributed by atoms with Gasteiger partial charge in [0.1, 0.15) is 5.75 Å². The van der Waals surface area contributed by atoms with E-state index in [-0.39, 0.29) is 6.61 Å². The molecule has 0 saturated heterocycles. The molecule has 0 saturated carbocycles. The second-order valence-electron chi connectivity index (χ2n) is 4.41. The van der Waals surface area contributed by atoms with Crippen LogP contribution in [0.3, 0.4) is 0 Å². The van der Waals surface area contributed by atoms with Crippen LogP contribution in [0.2, 0.25) is 0 Å². The lowest BCUT2D eigenvalue weighted by Gasteiger charge is -2.02. The van der Waals surface area contributed by atoms with Gasteiger partial charge >= 0.3 is 0 Å². The van der Waals surface area contributed by atoms with Gasteiger partial charge in [0.05, 0.1) is 6.54 Å². The third-order valence-electron chi connectivity index (χ3n) is 2.83. The summed E-state index contributed by atoms with van der Waals surface area (Å²) in [5.41, 5.74) is 1.01. The molecule has 0 aliphatic carbocycles. The molecule has 0 bridgehead atoms. The molecule has 106 valence electrons. The van der Waals surface area contributed by atoms with Crippen LogP contribution in [0.15, 0.2) is 65.1 Å². The highest BCUT2D eigenvalue weighted by Gasteiger charge is 2.06. The first-order valence-corrected chi connectivity index (χ1v) is 6.68. The fourth-order valence-electron chi connectivity index (χ4n) is 1.81. The van der Waals surface area contributed by atoms with E-state index >= 15 is 0 Å². The molecule has 0 fully saturated rings. The monoisotopic (exact) mass is 281 g/mol. The number of hydrogen-bond acceptors (Lipinski definition) is 5. The Morgan fingerprint density at radius 3 is 2.29 bits per heavy atom. The number of nitrogens with one attached hydrogen (secondary N) is 1. The van der Waals surface area contributed by atoms with E-state index in [0.29, 0.717) is 18.3 Å². The van der Waals surface area contributed by atoms with Crippen LogP contribution < -0.4 is 10.1 Å². The highest BCUT2D eigenvalue weighted by molar-refractivity contribution is 5.42. The molecule has 3 rings (SSSR count). The summed E-state index contributed by atoms with van der Waals surface area (Å²) in [5, 5.41) is 11.2. The quantitative estimate of drug-likeness (QED) is 0.751. The SMILES string of the molecule is c1ccc(NCc2nnc(COc3ccccc3)o2)cc1. The molecular formula is C16H15N3O2. The Labute approximate surface area is 122 Å². The molecule has 0 atom stereocenters. The van der Waals surface area contributed by atoms with E-state index in [9.17, 15) is 0 Å². The largest absolute Gasteiger partial charge is 0.484 e. The van der Waals surface area contributed by atoms with Crippen LogP contribution in [0.4, 0.5) is 5.69 Å². The predicted molar refractivity (Wildman–Crippen MR) is 78.8 cm³/mol. The van der Waals surface area contributed by atoms with Crippen LogP contribution in [0, 0.1) is 0 Å². The molecule has 21 heavy (non-hydrogen) atoms. The van der Waals surface area contributed by atoms with Gasteiger partial charge in [0.15, 0.2) is 6.61 Å². The number of anilines is 1. The van der Waals surface area contributed by atoms with Gasteiger partial charge in [-0.15, -0.1) is 10.2 Å². The molecule has 0 aliphatic heterocycles. The second-order valence-corrected chi connectivity index (χ2v) is 4.41. The molecule has 2 aromatic carbocycles. The van der Waals surface area contributed by atoms with Gasteiger partial charge in [-0.3, -0.25) is 0 Å². The second kappa shape index (κ2) is 6.56. The molecule has 5 heteroatoms. The molecule has 1 N–H and O–H groups in total. The van der Waals surface area contributed by atoms with E-state index in [1.165, 1.54) is 0 Å². The third-order valence-corrected chi connectivity index (χ3v) is 2.83. The summed E-state index contributed by atoms with van der Waals surface area (Å²) in [6, 6.07) is 19.4. The number of rotatable bonds is 6. The maximum Gasteiger partial charge on any atom is 0.253 e. The van der Waals surface area contributed by atoms with Gasteiger partial charge in [-0.1, -0.05) is 36.4 Å². The molecule has 5 nitrogen and oxygen atoms in total. The number of aromatic nitrogens is 2. The van der Waals surface area contributed by atoms with Crippen molar-refractivity contribution in [3.05, 3.63) is 72.4 Å². The average molecular weight is 281 g/mol. The molecule has 1 heterocycles. The Bertz CT molecular complexity index is 610. The minimum Gasteiger partial charge on any atom is -0.484 e. The number of benzene rings is 2. The van der Waals surface area contributed by atoms with Gasteiger partial charge in [-0.05, 0) is 24.3 Å². The topological polar surface area (TPSA) is 60.2 Å². The van der Waals surface area contributed by atoms with E-state index in [0.717, 1.165) is 11.4 Å². The lowest BCUT2D eigenvalue weighted by molar-refractivity contribution is 0.259. The van der Waals surface area contributed by atoms with Crippen molar-refractivity contribution >= 4 is 5.69 Å². The van der Waals surface area contributed by atoms with Gasteiger partial charge in [-0.2, -0.15) is 0 Å². The van der Waals surface area contributed by atoms with Crippen molar-refractivity contribution in [1.82, 2.24) is 10.2 Å². The minimum absolute atomic E-state index is 0.266. The lowest BCUT2D eigenvalue weighted by Crippen LogP contribution is -1.99. The first-order valence-electron chi connectivity index (χ1n) is 6.68. The van der Waals surface area contributed by atoms with Crippen molar-refractivity contribution < 1.29 is 9.15 Å². The molecular weight excluding hydrogens is 266 g/mol. The maximum absolute atomic E-state index is 5.55. The van der Waals surface area contributed by atoms with Gasteiger partial charge in [-0.25, -0.2) is 0 Å². The number of ether oxygens (including phenoxy) is 1. The van der Waals surface area contributed by atoms with Crippen LogP contribution >= 0.6 is 0 Å². The highest BCUT2D eigenvalue weighted by atomic mass is 16.5. The average Bonchev–Trinajstić information content (AvgIpc) is 3.01. The van der Waals surface area contributed by atoms with Crippen molar-refractivity contribution in [3.8, 4) is 5.75 Å². The van der Waals surface area contributed by atoms with Crippen molar-refractivity contribution in [2.24, 2.45) is 0 Å². The van der Waals surface area contributed by atoms with Crippen LogP contribution in [-0.4, -0.2) is 10.2 Å². The molecule has 0 radical (unpaired) electrons. The lowest BCUT2D eigenvalue weighted by atomic mass is 10.3. The zero-order valence-electron chi connectivity index (χ0n) is 11.4. The van der Waals surface area contributed by atoms with E-state index in [2.05, 4.69) is 15.5 Å². The van der Waals surface area contributed by atoms with E-state index in [4.69, 9.17) is 9.15 Å². The molecule has 0 aliphatic rings. The summed E-state index contributed by atoms with van der Waals surface area (Å²) < 4.78 is 11.1. The third kappa shape index (κ3) is 3.82. The predicted octanol–water partition coefficient (Wildman–Crippen LogP) is 3.26. The van der Waals surface area contributed by atoms with Gasteiger partial charge in [0.25, 0.3) is 5.89 Å². The van der Waals surface area contributed by atoms with E-state index in [1.807, 2.05) is 60.7 Å². The fraction of sp³-hybridized carbons (Fsp3) is 0.125. The standard InChI is InChI=1S/C16H15N3O2/c1-3-7-13(8-4-1)17-11-15-18-19-16(21-15)12-20-14-9-5-2-6-10-14/h1-10,17H,11-12H2. The minimum atomic E-state index is 0.266. The van der Waals surface area contributed by atoms with E-state index < -0.39 is 0 Å². The molecule has 1 aromatic heterocycles. The summed E-state index contributed by atoms with van der Waals surface area (Å²) in [6.45, 7) is 0.755. The van der Waals surface area contributed by atoms with Crippen LogP contribution in [0.25, 0.3) is 0 Å². The molecule has 0 amide bonds. The van der Waals surface area contributed by atoms with Crippen LogP contribution in [0.5, 0.6) is 5.75 Å². The number of hydrogen-bond donors (Lipinski definition) is 1. The van der Waals surface area contributed by atoms with Crippen molar-refractivity contribution in [2.75, 3.05) is 5.32 Å². The first-order chi connectivity index (χ1) is 10.4. The summed E-state index contributed by atoms with van der Waals surface area (Å²) >= 11 is 0.